The molecule has 8 N–H and O–H groups in total. The zero-order valence-corrected chi connectivity index (χ0v) is 61.8. The van der Waals surface area contributed by atoms with E-state index < -0.39 is 78.2 Å². The Labute approximate surface area is 632 Å². The van der Waals surface area contributed by atoms with Gasteiger partial charge in [0.15, 0.2) is 71.4 Å². The molecule has 8 unspecified atom stereocenters. The van der Waals surface area contributed by atoms with E-state index in [1.807, 2.05) is 0 Å². The van der Waals surface area contributed by atoms with Crippen molar-refractivity contribution < 1.29 is 133 Å². The summed E-state index contributed by atoms with van der Waals surface area (Å²) in [6.07, 6.45) is 2.85. The van der Waals surface area contributed by atoms with Crippen LogP contribution >= 0.6 is 0 Å². The van der Waals surface area contributed by atoms with Crippen LogP contribution in [0.1, 0.15) is 176 Å². The highest BCUT2D eigenvalue weighted by atomic mass is 19.1. The van der Waals surface area contributed by atoms with E-state index in [0.29, 0.717) is 151 Å². The van der Waals surface area contributed by atoms with Gasteiger partial charge in [-0.25, -0.2) is 36.7 Å². The van der Waals surface area contributed by atoms with Crippen LogP contribution in [0.4, 0.5) is 36.7 Å². The number of alkyl carbamates (subject to hydrolysis) is 4. The lowest BCUT2D eigenvalue weighted by molar-refractivity contribution is -0.0619. The molecule has 0 spiro atoms. The number of carbonyl (C=O) groups excluding carboxylic acids is 4. The maximum atomic E-state index is 16.2. The number of nitrogens with one attached hydrogen (secondary N) is 4. The SMILES string of the molecule is O=C(NCCCO)OCCCCC1COC(c2ccc(OCCC(CCOc3ccc(C4OCC(CCCCOC(=O)NCCCO)O4)cc3F)(CCOc3ccc(C4OCC(CCCCOC(=O)NCCCO)O4)cc3F)CCOc3ccc(C4OCC(CCCCOC(=O)NCCCO)O4)cc3F)c(F)c2)O1. The van der Waals surface area contributed by atoms with Gasteiger partial charge in [-0.2, -0.15) is 0 Å². The van der Waals surface area contributed by atoms with Crippen LogP contribution in [0.3, 0.4) is 0 Å². The highest BCUT2D eigenvalue weighted by Crippen LogP contribution is 2.40. The van der Waals surface area contributed by atoms with Gasteiger partial charge in [0.1, 0.15) is 0 Å². The van der Waals surface area contributed by atoms with Crippen molar-refractivity contribution in [3.63, 3.8) is 0 Å². The summed E-state index contributed by atoms with van der Waals surface area (Å²) >= 11 is 0. The molecule has 0 aromatic heterocycles. The van der Waals surface area contributed by atoms with Crippen LogP contribution in [0.5, 0.6) is 23.0 Å². The van der Waals surface area contributed by atoms with E-state index in [-0.39, 0.29) is 179 Å². The molecule has 8 atom stereocenters. The third kappa shape index (κ3) is 31.2. The van der Waals surface area contributed by atoms with Crippen LogP contribution in [-0.4, -0.2) is 201 Å². The van der Waals surface area contributed by atoms with Gasteiger partial charge >= 0.3 is 24.4 Å². The largest absolute Gasteiger partial charge is 0.490 e. The third-order valence-electron chi connectivity index (χ3n) is 18.5. The Hall–Kier alpha value is -7.60. The minimum Gasteiger partial charge on any atom is -0.490 e. The molecule has 4 heterocycles. The predicted molar refractivity (Wildman–Crippen MR) is 382 cm³/mol. The minimum absolute atomic E-state index is 0.0465. The van der Waals surface area contributed by atoms with Crippen molar-refractivity contribution in [1.29, 1.82) is 0 Å². The molecule has 4 aliphatic rings. The van der Waals surface area contributed by atoms with E-state index in [9.17, 15) is 19.2 Å². The van der Waals surface area contributed by atoms with Gasteiger partial charge in [-0.15, -0.1) is 0 Å². The molecule has 608 valence electrons. The molecule has 0 radical (unpaired) electrons. The van der Waals surface area contributed by atoms with E-state index >= 15 is 17.6 Å². The Balaban J connectivity index is 0.932. The lowest BCUT2D eigenvalue weighted by atomic mass is 9.76. The average molecular weight is 1550 g/mol. The van der Waals surface area contributed by atoms with Crippen molar-refractivity contribution >= 4 is 24.4 Å². The normalized spacial score (nSPS) is 20.1. The fourth-order valence-electron chi connectivity index (χ4n) is 12.3. The molecule has 28 nitrogen and oxygen atoms in total. The Morgan fingerprint density at radius 2 is 0.569 bits per heavy atom. The average Bonchev–Trinajstić information content (AvgIpc) is 1.83. The van der Waals surface area contributed by atoms with E-state index in [2.05, 4.69) is 21.3 Å². The summed E-state index contributed by atoms with van der Waals surface area (Å²) in [7, 11) is 0. The van der Waals surface area contributed by atoms with Gasteiger partial charge in [0, 0.05) is 74.9 Å². The summed E-state index contributed by atoms with van der Waals surface area (Å²) in [6, 6.07) is 17.5. The fraction of sp³-hybridized carbons (Fsp3) is 0.636. The van der Waals surface area contributed by atoms with E-state index in [4.69, 9.17) is 96.2 Å². The number of carbonyl (C=O) groups is 4. The predicted octanol–water partition coefficient (Wildman–Crippen LogP) is 11.2. The van der Waals surface area contributed by atoms with Crippen LogP contribution in [0.2, 0.25) is 0 Å². The first-order chi connectivity index (χ1) is 53.1. The first kappa shape index (κ1) is 87.0. The van der Waals surface area contributed by atoms with Gasteiger partial charge in [0.05, 0.1) is 104 Å². The number of benzene rings is 4. The highest BCUT2D eigenvalue weighted by Gasteiger charge is 2.35. The Morgan fingerprint density at radius 1 is 0.339 bits per heavy atom. The smallest absolute Gasteiger partial charge is 0.407 e. The van der Waals surface area contributed by atoms with Crippen LogP contribution in [-0.2, 0) is 56.8 Å². The summed E-state index contributed by atoms with van der Waals surface area (Å²) in [5.74, 6) is -3.13. The van der Waals surface area contributed by atoms with Crippen molar-refractivity contribution in [2.75, 3.05) is 132 Å². The maximum absolute atomic E-state index is 16.2. The van der Waals surface area contributed by atoms with Crippen LogP contribution in [0.25, 0.3) is 0 Å². The molecule has 4 saturated heterocycles. The summed E-state index contributed by atoms with van der Waals surface area (Å²) in [5, 5.41) is 46.0. The highest BCUT2D eigenvalue weighted by molar-refractivity contribution is 5.68. The molecular formula is C77H108F4N4O24. The first-order valence-corrected chi connectivity index (χ1v) is 38.0. The van der Waals surface area contributed by atoms with Crippen molar-refractivity contribution in [3.8, 4) is 23.0 Å². The molecule has 0 bridgehead atoms. The van der Waals surface area contributed by atoms with Crippen LogP contribution in [0, 0.1) is 28.7 Å². The molecule has 4 aromatic rings. The number of halogens is 4. The summed E-state index contributed by atoms with van der Waals surface area (Å²) in [5.41, 5.74) is 0.709. The van der Waals surface area contributed by atoms with Gasteiger partial charge < -0.3 is 117 Å². The lowest BCUT2D eigenvalue weighted by Crippen LogP contribution is -2.31. The van der Waals surface area contributed by atoms with Crippen molar-refractivity contribution in [3.05, 3.63) is 118 Å². The van der Waals surface area contributed by atoms with Gasteiger partial charge in [-0.3, -0.25) is 0 Å². The van der Waals surface area contributed by atoms with Crippen molar-refractivity contribution in [2.45, 2.75) is 178 Å². The first-order valence-electron chi connectivity index (χ1n) is 38.0. The van der Waals surface area contributed by atoms with Gasteiger partial charge in [0.25, 0.3) is 0 Å². The second-order valence-corrected chi connectivity index (χ2v) is 26.9. The zero-order valence-electron chi connectivity index (χ0n) is 61.8. The van der Waals surface area contributed by atoms with E-state index in [1.54, 1.807) is 24.3 Å². The van der Waals surface area contributed by atoms with Gasteiger partial charge in [0.2, 0.25) is 0 Å². The van der Waals surface area contributed by atoms with Crippen molar-refractivity contribution in [1.82, 2.24) is 21.3 Å². The number of hydrogen-bond acceptors (Lipinski definition) is 24. The number of hydrogen-bond donors (Lipinski definition) is 8. The monoisotopic (exact) mass is 1550 g/mol. The molecule has 0 saturated carbocycles. The number of ether oxygens (including phenoxy) is 16. The number of aliphatic hydroxyl groups excluding tert-OH is 4. The molecule has 32 heteroatoms. The van der Waals surface area contributed by atoms with Crippen LogP contribution in [0.15, 0.2) is 72.8 Å². The Kier molecular flexibility index (Phi) is 39.0. The molecule has 4 amide bonds. The van der Waals surface area contributed by atoms with Gasteiger partial charge in [-0.05, 0) is 182 Å². The fourth-order valence-corrected chi connectivity index (χ4v) is 12.3. The number of aliphatic hydroxyl groups is 4. The van der Waals surface area contributed by atoms with Crippen LogP contribution < -0.4 is 40.2 Å². The number of unbranched alkanes of at least 4 members (excludes halogenated alkanes) is 4. The Bertz CT molecular complexity index is 2910. The minimum atomic E-state index is -0.961. The summed E-state index contributed by atoms with van der Waals surface area (Å²) < 4.78 is 159. The second-order valence-electron chi connectivity index (χ2n) is 26.9. The zero-order chi connectivity index (χ0) is 77.3. The molecule has 4 aromatic carbocycles. The summed E-state index contributed by atoms with van der Waals surface area (Å²) in [4.78, 5) is 47.5. The lowest BCUT2D eigenvalue weighted by Gasteiger charge is -2.34. The quantitative estimate of drug-likeness (QED) is 0.0116. The second kappa shape index (κ2) is 48.9. The van der Waals surface area contributed by atoms with Crippen molar-refractivity contribution in [2.24, 2.45) is 5.41 Å². The molecule has 109 heavy (non-hydrogen) atoms. The van der Waals surface area contributed by atoms with Gasteiger partial charge in [-0.1, -0.05) is 24.3 Å². The molecular weight excluding hydrogens is 1440 g/mol. The number of rotatable bonds is 52. The third-order valence-corrected chi connectivity index (χ3v) is 18.5. The van der Waals surface area contributed by atoms with E-state index in [0.717, 1.165) is 0 Å². The molecule has 8 rings (SSSR count). The summed E-state index contributed by atoms with van der Waals surface area (Å²) in [6.45, 7) is 2.45. The molecule has 4 aliphatic heterocycles. The topological polar surface area (TPSA) is 345 Å². The van der Waals surface area contributed by atoms with E-state index in [1.165, 1.54) is 48.5 Å². The molecule has 0 aliphatic carbocycles. The Morgan fingerprint density at radius 3 is 0.780 bits per heavy atom. The maximum Gasteiger partial charge on any atom is 0.407 e. The molecule has 4 fully saturated rings. The number of amides is 4. The standard InChI is InChI=1S/C77H108F4N4O24/c78-61-45-53(69-102-49-57(106-69)13-1-5-37-98-73(90)82-29-9-33-86)17-21-65(61)94-41-25-77(26-42-95-66-22-18-54(46-62(66)79)70-103-50-58(107-70)14-2-6-38-99-74(91)83-30-10-34-87,27-43-96-67-23-19-55(47-63(67)80)71-104-51-59(108-71)15-3-7-39-100-75(92)84-31-11-35-88)28-44-97-68-24-20-56(48-64(68)81)72-105-52-60(109-72)16-4-8-40-101-76(93)85-32-12-36-89/h17-24,45-48,57-60,69-72,86-89H,1-16,25-44,49-52H2,(H,82,90)(H,83,91)(H,84,92)(H,85,93).